The Balaban J connectivity index is 1.54. The number of benzene rings is 1. The molecule has 0 unspecified atom stereocenters. The molecule has 1 fully saturated rings. The zero-order valence-corrected chi connectivity index (χ0v) is 14.6. The Morgan fingerprint density at radius 3 is 2.75 bits per heavy atom. The van der Waals surface area contributed by atoms with E-state index in [-0.39, 0.29) is 23.8 Å². The maximum atomic E-state index is 12.7. The molecule has 2 aliphatic rings. The van der Waals surface area contributed by atoms with Crippen LogP contribution >= 0.6 is 0 Å². The van der Waals surface area contributed by atoms with Gasteiger partial charge in [-0.05, 0) is 37.8 Å². The van der Waals surface area contributed by atoms with Crippen molar-refractivity contribution in [1.29, 1.82) is 0 Å². The second kappa shape index (κ2) is 7.24. The summed E-state index contributed by atoms with van der Waals surface area (Å²) < 4.78 is 0. The molecule has 1 N–H and O–H groups in total. The molecule has 1 aromatic carbocycles. The van der Waals surface area contributed by atoms with Crippen LogP contribution in [0.2, 0.25) is 0 Å². The lowest BCUT2D eigenvalue weighted by molar-refractivity contribution is -0.134. The highest BCUT2D eigenvalue weighted by atomic mass is 16.2. The normalized spacial score (nSPS) is 20.3. The first-order valence-corrected chi connectivity index (χ1v) is 8.92. The zero-order valence-electron chi connectivity index (χ0n) is 14.6. The number of carbonyl (C=O) groups excluding carboxylic acids is 2. The van der Waals surface area contributed by atoms with Crippen molar-refractivity contribution < 1.29 is 9.59 Å². The maximum Gasteiger partial charge on any atom is 0.223 e. The first kappa shape index (κ1) is 16.8. The van der Waals surface area contributed by atoms with Gasteiger partial charge in [0.2, 0.25) is 11.8 Å². The number of likely N-dealkylation sites (N-methyl/N-ethyl adjacent to an activating group) is 1. The van der Waals surface area contributed by atoms with E-state index >= 15 is 0 Å². The summed E-state index contributed by atoms with van der Waals surface area (Å²) in [5.41, 5.74) is 2.40. The molecule has 3 rings (SSSR count). The van der Waals surface area contributed by atoms with Gasteiger partial charge in [0.25, 0.3) is 0 Å². The third-order valence-corrected chi connectivity index (χ3v) is 4.95. The van der Waals surface area contributed by atoms with Crippen molar-refractivity contribution in [2.24, 2.45) is 5.92 Å². The first-order valence-electron chi connectivity index (χ1n) is 8.92. The average molecular weight is 329 g/mol. The number of hydrogen-bond donors (Lipinski definition) is 1. The SMILES string of the molecule is C[C@H]1CN(C)c2ccccc2CN1C(=O)CCCNC(=O)C1CC1. The van der Waals surface area contributed by atoms with Gasteiger partial charge in [0.15, 0.2) is 0 Å². The number of nitrogens with zero attached hydrogens (tertiary/aromatic N) is 2. The summed E-state index contributed by atoms with van der Waals surface area (Å²) >= 11 is 0. The number of nitrogens with one attached hydrogen (secondary N) is 1. The Kier molecular flexibility index (Phi) is 5.07. The van der Waals surface area contributed by atoms with E-state index in [0.29, 0.717) is 25.9 Å². The molecule has 5 heteroatoms. The van der Waals surface area contributed by atoms with E-state index in [2.05, 4.69) is 36.3 Å². The fraction of sp³-hybridized carbons (Fsp3) is 0.579. The minimum Gasteiger partial charge on any atom is -0.372 e. The molecular formula is C19H27N3O2. The number of carbonyl (C=O) groups is 2. The van der Waals surface area contributed by atoms with Gasteiger partial charge in [0, 0.05) is 50.7 Å². The van der Waals surface area contributed by atoms with E-state index in [1.807, 2.05) is 17.0 Å². The molecule has 1 aromatic rings. The smallest absolute Gasteiger partial charge is 0.223 e. The van der Waals surface area contributed by atoms with Crippen molar-refractivity contribution >= 4 is 17.5 Å². The molecule has 0 radical (unpaired) electrons. The van der Waals surface area contributed by atoms with Crippen LogP contribution in [0.5, 0.6) is 0 Å². The van der Waals surface area contributed by atoms with Crippen molar-refractivity contribution in [3.05, 3.63) is 29.8 Å². The molecule has 1 aliphatic heterocycles. The molecule has 0 aromatic heterocycles. The van der Waals surface area contributed by atoms with Crippen LogP contribution in [-0.4, -0.2) is 42.9 Å². The van der Waals surface area contributed by atoms with Gasteiger partial charge in [-0.2, -0.15) is 0 Å². The van der Waals surface area contributed by atoms with E-state index in [0.717, 1.165) is 19.4 Å². The monoisotopic (exact) mass is 329 g/mol. The van der Waals surface area contributed by atoms with Crippen LogP contribution in [0.25, 0.3) is 0 Å². The van der Waals surface area contributed by atoms with Crippen LogP contribution < -0.4 is 10.2 Å². The molecule has 1 heterocycles. The van der Waals surface area contributed by atoms with Gasteiger partial charge < -0.3 is 15.1 Å². The summed E-state index contributed by atoms with van der Waals surface area (Å²) in [7, 11) is 2.08. The van der Waals surface area contributed by atoms with Gasteiger partial charge in [-0.1, -0.05) is 18.2 Å². The van der Waals surface area contributed by atoms with Gasteiger partial charge in [-0.3, -0.25) is 9.59 Å². The number of para-hydroxylation sites is 1. The minimum atomic E-state index is 0.154. The molecular weight excluding hydrogens is 302 g/mol. The Morgan fingerprint density at radius 2 is 2.00 bits per heavy atom. The number of amides is 2. The van der Waals surface area contributed by atoms with Gasteiger partial charge in [-0.25, -0.2) is 0 Å². The quantitative estimate of drug-likeness (QED) is 0.842. The highest BCUT2D eigenvalue weighted by Crippen LogP contribution is 2.29. The molecule has 0 spiro atoms. The lowest BCUT2D eigenvalue weighted by Gasteiger charge is -2.28. The van der Waals surface area contributed by atoms with E-state index in [1.165, 1.54) is 11.3 Å². The predicted molar refractivity (Wildman–Crippen MR) is 94.7 cm³/mol. The second-order valence-electron chi connectivity index (χ2n) is 7.05. The lowest BCUT2D eigenvalue weighted by atomic mass is 10.1. The number of rotatable bonds is 5. The van der Waals surface area contributed by atoms with E-state index in [4.69, 9.17) is 0 Å². The van der Waals surface area contributed by atoms with Crippen LogP contribution in [0.1, 0.15) is 38.2 Å². The Labute approximate surface area is 144 Å². The van der Waals surface area contributed by atoms with E-state index in [9.17, 15) is 9.59 Å². The molecule has 5 nitrogen and oxygen atoms in total. The summed E-state index contributed by atoms with van der Waals surface area (Å²) in [5, 5.41) is 2.93. The van der Waals surface area contributed by atoms with Crippen LogP contribution in [0.4, 0.5) is 5.69 Å². The van der Waals surface area contributed by atoms with Crippen molar-refractivity contribution in [2.45, 2.75) is 45.2 Å². The van der Waals surface area contributed by atoms with Gasteiger partial charge in [-0.15, -0.1) is 0 Å². The topological polar surface area (TPSA) is 52.6 Å². The van der Waals surface area contributed by atoms with Gasteiger partial charge >= 0.3 is 0 Å². The van der Waals surface area contributed by atoms with Crippen LogP contribution in [-0.2, 0) is 16.1 Å². The molecule has 1 saturated carbocycles. The van der Waals surface area contributed by atoms with Crippen LogP contribution in [0, 0.1) is 5.92 Å². The fourth-order valence-electron chi connectivity index (χ4n) is 3.37. The highest BCUT2D eigenvalue weighted by Gasteiger charge is 2.29. The maximum absolute atomic E-state index is 12.7. The van der Waals surface area contributed by atoms with Gasteiger partial charge in [0.1, 0.15) is 0 Å². The Hall–Kier alpha value is -2.04. The molecule has 0 bridgehead atoms. The zero-order chi connectivity index (χ0) is 17.1. The number of fused-ring (bicyclic) bond motifs is 1. The molecule has 0 saturated heterocycles. The summed E-state index contributed by atoms with van der Waals surface area (Å²) in [6.45, 7) is 4.20. The third-order valence-electron chi connectivity index (χ3n) is 4.95. The Bertz CT molecular complexity index is 612. The molecule has 130 valence electrons. The highest BCUT2D eigenvalue weighted by molar-refractivity contribution is 5.81. The van der Waals surface area contributed by atoms with Crippen molar-refractivity contribution in [3.8, 4) is 0 Å². The van der Waals surface area contributed by atoms with E-state index < -0.39 is 0 Å². The second-order valence-corrected chi connectivity index (χ2v) is 7.05. The van der Waals surface area contributed by atoms with Gasteiger partial charge in [0.05, 0.1) is 0 Å². The molecule has 1 aliphatic carbocycles. The summed E-state index contributed by atoms with van der Waals surface area (Å²) in [4.78, 5) is 28.5. The summed E-state index contributed by atoms with van der Waals surface area (Å²) in [5.74, 6) is 0.563. The predicted octanol–water partition coefficient (Wildman–Crippen LogP) is 2.16. The van der Waals surface area contributed by atoms with Crippen molar-refractivity contribution in [1.82, 2.24) is 10.2 Å². The van der Waals surface area contributed by atoms with E-state index in [1.54, 1.807) is 0 Å². The van der Waals surface area contributed by atoms with Crippen LogP contribution in [0.3, 0.4) is 0 Å². The molecule has 1 atom stereocenters. The standard InChI is InChI=1S/C19H27N3O2/c1-14-12-21(2)17-7-4-3-6-16(17)13-22(14)18(23)8-5-11-20-19(24)15-9-10-15/h3-4,6-7,14-15H,5,8-13H2,1-2H3,(H,20,24)/t14-/m0/s1. The summed E-state index contributed by atoms with van der Waals surface area (Å²) in [6.07, 6.45) is 3.23. The van der Waals surface area contributed by atoms with Crippen molar-refractivity contribution in [3.63, 3.8) is 0 Å². The van der Waals surface area contributed by atoms with Crippen molar-refractivity contribution in [2.75, 3.05) is 25.0 Å². The minimum absolute atomic E-state index is 0.154. The first-order chi connectivity index (χ1) is 11.6. The van der Waals surface area contributed by atoms with Crippen LogP contribution in [0.15, 0.2) is 24.3 Å². The largest absolute Gasteiger partial charge is 0.372 e. The number of anilines is 1. The number of hydrogen-bond acceptors (Lipinski definition) is 3. The summed E-state index contributed by atoms with van der Waals surface area (Å²) in [6, 6.07) is 8.46. The Morgan fingerprint density at radius 1 is 1.25 bits per heavy atom. The third kappa shape index (κ3) is 3.89. The average Bonchev–Trinajstić information content (AvgIpc) is 3.41. The molecule has 24 heavy (non-hydrogen) atoms. The fourth-order valence-corrected chi connectivity index (χ4v) is 3.37. The molecule has 2 amide bonds. The lowest BCUT2D eigenvalue weighted by Crippen LogP contribution is -2.42.